The van der Waals surface area contributed by atoms with E-state index in [0.717, 1.165) is 30.8 Å². The van der Waals surface area contributed by atoms with Crippen LogP contribution in [-0.4, -0.2) is 36.3 Å². The van der Waals surface area contributed by atoms with Gasteiger partial charge in [-0.1, -0.05) is 18.5 Å². The first-order valence-electron chi connectivity index (χ1n) is 8.31. The second-order valence-corrected chi connectivity index (χ2v) is 7.30. The number of aryl methyl sites for hydroxylation is 1. The molecule has 2 amide bonds. The Morgan fingerprint density at radius 1 is 1.30 bits per heavy atom. The number of halogens is 1. The van der Waals surface area contributed by atoms with E-state index >= 15 is 0 Å². The van der Waals surface area contributed by atoms with Gasteiger partial charge < -0.3 is 9.80 Å². The summed E-state index contributed by atoms with van der Waals surface area (Å²) < 4.78 is 0. The molecule has 0 aromatic heterocycles. The molecule has 1 aromatic carbocycles. The molecule has 2 unspecified atom stereocenters. The molecule has 0 spiro atoms. The number of anilines is 1. The summed E-state index contributed by atoms with van der Waals surface area (Å²) in [4.78, 5) is 28.8. The highest BCUT2D eigenvalue weighted by atomic mass is 35.5. The van der Waals surface area contributed by atoms with Gasteiger partial charge in [-0.2, -0.15) is 0 Å². The van der Waals surface area contributed by atoms with Gasteiger partial charge in [-0.05, 0) is 49.4 Å². The Balaban J connectivity index is 1.73. The number of nitrogens with zero attached hydrogens (tertiary/aromatic N) is 2. The number of likely N-dealkylation sites (tertiary alicyclic amines) is 1. The SMILES string of the molecule is Cc1cc(Cl)ccc1N1CC(C(=O)N2CCCC(C)C2)CC1=O. The average Bonchev–Trinajstić information content (AvgIpc) is 2.88. The first-order chi connectivity index (χ1) is 11.0. The Kier molecular flexibility index (Phi) is 4.62. The molecule has 1 aromatic rings. The molecule has 3 rings (SSSR count). The van der Waals surface area contributed by atoms with Crippen molar-refractivity contribution in [1.82, 2.24) is 4.90 Å². The van der Waals surface area contributed by atoms with Crippen LogP contribution in [0.5, 0.6) is 0 Å². The van der Waals surface area contributed by atoms with Gasteiger partial charge in [0.15, 0.2) is 0 Å². The van der Waals surface area contributed by atoms with E-state index in [1.165, 1.54) is 6.42 Å². The van der Waals surface area contributed by atoms with Crippen LogP contribution in [0, 0.1) is 18.8 Å². The van der Waals surface area contributed by atoms with Gasteiger partial charge in [-0.15, -0.1) is 0 Å². The minimum atomic E-state index is -0.220. The monoisotopic (exact) mass is 334 g/mol. The zero-order valence-corrected chi connectivity index (χ0v) is 14.5. The molecule has 0 aliphatic carbocycles. The lowest BCUT2D eigenvalue weighted by atomic mass is 9.98. The first-order valence-corrected chi connectivity index (χ1v) is 8.69. The maximum Gasteiger partial charge on any atom is 0.228 e. The van der Waals surface area contributed by atoms with Gasteiger partial charge >= 0.3 is 0 Å². The van der Waals surface area contributed by atoms with Crippen molar-refractivity contribution in [2.24, 2.45) is 11.8 Å². The Hall–Kier alpha value is -1.55. The van der Waals surface area contributed by atoms with E-state index in [4.69, 9.17) is 11.6 Å². The fraction of sp³-hybridized carbons (Fsp3) is 0.556. The Morgan fingerprint density at radius 2 is 2.09 bits per heavy atom. The molecular weight excluding hydrogens is 312 g/mol. The maximum absolute atomic E-state index is 12.7. The van der Waals surface area contributed by atoms with E-state index in [1.54, 1.807) is 11.0 Å². The van der Waals surface area contributed by atoms with E-state index in [1.807, 2.05) is 24.0 Å². The van der Waals surface area contributed by atoms with Crippen molar-refractivity contribution in [3.63, 3.8) is 0 Å². The molecule has 2 aliphatic heterocycles. The summed E-state index contributed by atoms with van der Waals surface area (Å²) >= 11 is 5.99. The molecular formula is C18H23ClN2O2. The third-order valence-corrected chi connectivity index (χ3v) is 5.13. The molecule has 0 saturated carbocycles. The molecule has 23 heavy (non-hydrogen) atoms. The van der Waals surface area contributed by atoms with Crippen molar-refractivity contribution in [2.45, 2.75) is 33.1 Å². The van der Waals surface area contributed by atoms with Gasteiger partial charge in [0.2, 0.25) is 11.8 Å². The van der Waals surface area contributed by atoms with Crippen LogP contribution >= 0.6 is 11.6 Å². The van der Waals surface area contributed by atoms with Gasteiger partial charge in [0.25, 0.3) is 0 Å². The van der Waals surface area contributed by atoms with Crippen LogP contribution in [0.2, 0.25) is 5.02 Å². The predicted molar refractivity (Wildman–Crippen MR) is 91.6 cm³/mol. The Bertz CT molecular complexity index is 631. The fourth-order valence-corrected chi connectivity index (χ4v) is 3.90. The third kappa shape index (κ3) is 3.37. The summed E-state index contributed by atoms with van der Waals surface area (Å²) in [6, 6.07) is 5.51. The molecule has 2 fully saturated rings. The lowest BCUT2D eigenvalue weighted by molar-refractivity contribution is -0.137. The number of carbonyl (C=O) groups excluding carboxylic acids is 2. The highest BCUT2D eigenvalue weighted by molar-refractivity contribution is 6.30. The number of amides is 2. The molecule has 0 bridgehead atoms. The number of piperidine rings is 1. The van der Waals surface area contributed by atoms with Crippen LogP contribution in [0.4, 0.5) is 5.69 Å². The van der Waals surface area contributed by atoms with E-state index in [9.17, 15) is 9.59 Å². The van der Waals surface area contributed by atoms with Gasteiger partial charge in [0.05, 0.1) is 5.92 Å². The Labute approximate surface area is 142 Å². The molecule has 2 atom stereocenters. The highest BCUT2D eigenvalue weighted by Gasteiger charge is 2.38. The molecule has 0 radical (unpaired) electrons. The number of benzene rings is 1. The number of rotatable bonds is 2. The fourth-order valence-electron chi connectivity index (χ4n) is 3.68. The van der Waals surface area contributed by atoms with Crippen LogP contribution in [0.25, 0.3) is 0 Å². The number of hydrogen-bond acceptors (Lipinski definition) is 2. The van der Waals surface area contributed by atoms with Crippen LogP contribution in [0.15, 0.2) is 18.2 Å². The minimum Gasteiger partial charge on any atom is -0.342 e. The molecule has 0 N–H and O–H groups in total. The van der Waals surface area contributed by atoms with Crippen LogP contribution in [-0.2, 0) is 9.59 Å². The van der Waals surface area contributed by atoms with Gasteiger partial charge in [-0.3, -0.25) is 9.59 Å². The van der Waals surface area contributed by atoms with E-state index in [-0.39, 0.29) is 17.7 Å². The maximum atomic E-state index is 12.7. The van der Waals surface area contributed by atoms with Crippen molar-refractivity contribution in [2.75, 3.05) is 24.5 Å². The van der Waals surface area contributed by atoms with Crippen LogP contribution < -0.4 is 4.90 Å². The molecule has 5 heteroatoms. The summed E-state index contributed by atoms with van der Waals surface area (Å²) in [6.45, 7) is 6.25. The summed E-state index contributed by atoms with van der Waals surface area (Å²) in [6.07, 6.45) is 2.56. The summed E-state index contributed by atoms with van der Waals surface area (Å²) in [5.41, 5.74) is 1.83. The van der Waals surface area contributed by atoms with Gasteiger partial charge in [0.1, 0.15) is 0 Å². The molecule has 2 aliphatic rings. The average molecular weight is 335 g/mol. The van der Waals surface area contributed by atoms with Crippen LogP contribution in [0.3, 0.4) is 0 Å². The van der Waals surface area contributed by atoms with Crippen molar-refractivity contribution in [3.8, 4) is 0 Å². The van der Waals surface area contributed by atoms with Crippen molar-refractivity contribution in [1.29, 1.82) is 0 Å². The van der Waals surface area contributed by atoms with E-state index in [2.05, 4.69) is 6.92 Å². The zero-order chi connectivity index (χ0) is 16.6. The Morgan fingerprint density at radius 3 is 2.78 bits per heavy atom. The smallest absolute Gasteiger partial charge is 0.228 e. The summed E-state index contributed by atoms with van der Waals surface area (Å²) in [7, 11) is 0. The van der Waals surface area contributed by atoms with E-state index in [0.29, 0.717) is 23.9 Å². The second kappa shape index (κ2) is 6.52. The molecule has 4 nitrogen and oxygen atoms in total. The van der Waals surface area contributed by atoms with Crippen LogP contribution in [0.1, 0.15) is 31.7 Å². The molecule has 124 valence electrons. The lowest BCUT2D eigenvalue weighted by Gasteiger charge is -2.32. The van der Waals surface area contributed by atoms with Gasteiger partial charge in [-0.25, -0.2) is 0 Å². The quantitative estimate of drug-likeness (QED) is 0.833. The second-order valence-electron chi connectivity index (χ2n) is 6.87. The first kappa shape index (κ1) is 16.3. The molecule has 2 saturated heterocycles. The van der Waals surface area contributed by atoms with Crippen molar-refractivity contribution >= 4 is 29.1 Å². The predicted octanol–water partition coefficient (Wildman–Crippen LogP) is 3.26. The largest absolute Gasteiger partial charge is 0.342 e. The number of hydrogen-bond donors (Lipinski definition) is 0. The minimum absolute atomic E-state index is 0.0267. The number of carbonyl (C=O) groups is 2. The summed E-state index contributed by atoms with van der Waals surface area (Å²) in [5.74, 6) is 0.500. The van der Waals surface area contributed by atoms with Crippen molar-refractivity contribution < 1.29 is 9.59 Å². The molecule has 2 heterocycles. The normalized spacial score (nSPS) is 25.1. The third-order valence-electron chi connectivity index (χ3n) is 4.89. The lowest BCUT2D eigenvalue weighted by Crippen LogP contribution is -2.43. The highest BCUT2D eigenvalue weighted by Crippen LogP contribution is 2.31. The zero-order valence-electron chi connectivity index (χ0n) is 13.7. The summed E-state index contributed by atoms with van der Waals surface area (Å²) in [5, 5.41) is 0.660. The standard InChI is InChI=1S/C18H23ClN2O2/c1-12-4-3-7-20(10-12)18(23)14-9-17(22)21(11-14)16-6-5-15(19)8-13(16)2/h5-6,8,12,14H,3-4,7,9-11H2,1-2H3. The topological polar surface area (TPSA) is 40.6 Å². The van der Waals surface area contributed by atoms with Gasteiger partial charge in [0, 0.05) is 36.8 Å². The van der Waals surface area contributed by atoms with Crippen molar-refractivity contribution in [3.05, 3.63) is 28.8 Å². The van der Waals surface area contributed by atoms with E-state index < -0.39 is 0 Å².